The highest BCUT2D eigenvalue weighted by molar-refractivity contribution is 5.89. The molecule has 0 aromatic heterocycles. The second-order valence-electron chi connectivity index (χ2n) is 9.56. The molecule has 0 heterocycles. The van der Waals surface area contributed by atoms with Crippen LogP contribution in [0.15, 0.2) is 67.3 Å². The van der Waals surface area contributed by atoms with E-state index >= 15 is 0 Å². The summed E-state index contributed by atoms with van der Waals surface area (Å²) in [5, 5.41) is 9.15. The molecule has 0 aliphatic heterocycles. The van der Waals surface area contributed by atoms with Crippen molar-refractivity contribution in [3.05, 3.63) is 95.1 Å². The Kier molecular flexibility index (Phi) is 6.40. The zero-order chi connectivity index (χ0) is 22.8. The first-order chi connectivity index (χ1) is 14.6. The number of allylic oxidation sites excluding steroid dienone is 4. The number of hydrogen-bond donors (Lipinski definition) is 1. The summed E-state index contributed by atoms with van der Waals surface area (Å²) in [7, 11) is 0. The van der Waals surface area contributed by atoms with Crippen molar-refractivity contribution in [3.63, 3.8) is 0 Å². The predicted octanol–water partition coefficient (Wildman–Crippen LogP) is 7.89. The molecule has 2 aromatic carbocycles. The largest absolute Gasteiger partial charge is 0.478 e. The first-order valence-electron chi connectivity index (χ1n) is 11.2. The van der Waals surface area contributed by atoms with Crippen LogP contribution in [0, 0.1) is 5.41 Å². The van der Waals surface area contributed by atoms with Crippen molar-refractivity contribution < 1.29 is 9.90 Å². The number of rotatable bonds is 7. The van der Waals surface area contributed by atoms with Crippen LogP contribution < -0.4 is 0 Å². The van der Waals surface area contributed by atoms with Crippen LogP contribution in [0.5, 0.6) is 0 Å². The second kappa shape index (κ2) is 8.70. The summed E-state index contributed by atoms with van der Waals surface area (Å²) >= 11 is 0. The Bertz CT molecular complexity index is 1040. The Balaban J connectivity index is 2.00. The maximum absolute atomic E-state index is 11.1. The SMILES string of the molecule is C=C(c1ccc(C(=O)O)cc1)c1ccc2c(c1)C(/C=C\C(C)(CC)CC)=CCC2(C)C. The van der Waals surface area contributed by atoms with Crippen molar-refractivity contribution in [2.24, 2.45) is 5.41 Å². The van der Waals surface area contributed by atoms with E-state index in [1.54, 1.807) is 12.1 Å². The first kappa shape index (κ1) is 22.8. The fraction of sp³-hybridized carbons (Fsp3) is 0.345. The molecule has 0 amide bonds. The number of carbonyl (C=O) groups is 1. The molecule has 0 saturated carbocycles. The van der Waals surface area contributed by atoms with Crippen LogP contribution in [0.25, 0.3) is 11.1 Å². The molecular formula is C29H34O2. The number of hydrogen-bond acceptors (Lipinski definition) is 1. The van der Waals surface area contributed by atoms with Gasteiger partial charge in [-0.05, 0) is 81.7 Å². The number of carboxylic acid groups (broad SMARTS) is 1. The van der Waals surface area contributed by atoms with Crippen LogP contribution in [0.4, 0.5) is 0 Å². The Morgan fingerprint density at radius 1 is 1.06 bits per heavy atom. The van der Waals surface area contributed by atoms with Crippen molar-refractivity contribution in [2.45, 2.75) is 59.3 Å². The van der Waals surface area contributed by atoms with Gasteiger partial charge in [0.1, 0.15) is 0 Å². The lowest BCUT2D eigenvalue weighted by Crippen LogP contribution is -2.21. The molecule has 0 saturated heterocycles. The van der Waals surface area contributed by atoms with Crippen LogP contribution in [0.1, 0.15) is 86.5 Å². The molecular weight excluding hydrogens is 380 g/mol. The Morgan fingerprint density at radius 3 is 2.23 bits per heavy atom. The summed E-state index contributed by atoms with van der Waals surface area (Å²) < 4.78 is 0. The number of aromatic carboxylic acids is 1. The van der Waals surface area contributed by atoms with Gasteiger partial charge >= 0.3 is 5.97 Å². The van der Waals surface area contributed by atoms with Gasteiger partial charge in [0.2, 0.25) is 0 Å². The maximum Gasteiger partial charge on any atom is 0.335 e. The lowest BCUT2D eigenvalue weighted by Gasteiger charge is -2.32. The summed E-state index contributed by atoms with van der Waals surface area (Å²) in [6.07, 6.45) is 10.3. The molecule has 0 bridgehead atoms. The average molecular weight is 415 g/mol. The average Bonchev–Trinajstić information content (AvgIpc) is 2.77. The third kappa shape index (κ3) is 4.74. The molecule has 1 N–H and O–H groups in total. The minimum absolute atomic E-state index is 0.0918. The van der Waals surface area contributed by atoms with E-state index in [9.17, 15) is 4.79 Å². The highest BCUT2D eigenvalue weighted by Crippen LogP contribution is 2.41. The van der Waals surface area contributed by atoms with Gasteiger partial charge in [-0.2, -0.15) is 0 Å². The third-order valence-electron chi connectivity index (χ3n) is 7.00. The normalized spacial score (nSPS) is 15.5. The Labute approximate surface area is 187 Å². The van der Waals surface area contributed by atoms with E-state index in [4.69, 9.17) is 5.11 Å². The molecule has 31 heavy (non-hydrogen) atoms. The van der Waals surface area contributed by atoms with Gasteiger partial charge in [0.15, 0.2) is 0 Å². The van der Waals surface area contributed by atoms with Gasteiger partial charge in [-0.1, -0.05) is 83.7 Å². The van der Waals surface area contributed by atoms with Crippen molar-refractivity contribution in [1.82, 2.24) is 0 Å². The second-order valence-corrected chi connectivity index (χ2v) is 9.56. The van der Waals surface area contributed by atoms with Gasteiger partial charge in [0.05, 0.1) is 5.56 Å². The summed E-state index contributed by atoms with van der Waals surface area (Å²) in [5.74, 6) is -0.916. The van der Waals surface area contributed by atoms with Gasteiger partial charge in [-0.25, -0.2) is 4.79 Å². The van der Waals surface area contributed by atoms with E-state index < -0.39 is 5.97 Å². The van der Waals surface area contributed by atoms with E-state index in [0.29, 0.717) is 0 Å². The summed E-state index contributed by atoms with van der Waals surface area (Å²) in [5.41, 5.74) is 7.39. The number of fused-ring (bicyclic) bond motifs is 1. The molecule has 3 rings (SSSR count). The van der Waals surface area contributed by atoms with Crippen molar-refractivity contribution in [3.8, 4) is 0 Å². The minimum atomic E-state index is -0.916. The first-order valence-corrected chi connectivity index (χ1v) is 11.2. The quantitative estimate of drug-likeness (QED) is 0.500. The van der Waals surface area contributed by atoms with Crippen LogP contribution in [0.3, 0.4) is 0 Å². The van der Waals surface area contributed by atoms with Gasteiger partial charge < -0.3 is 5.11 Å². The van der Waals surface area contributed by atoms with E-state index in [1.165, 1.54) is 16.7 Å². The standard InChI is InChI=1S/C29H34O2/c1-7-29(6,8-2)18-16-22-15-17-28(4,5)26-14-13-24(19-25(22)26)20(3)21-9-11-23(12-10-21)27(30)31/h9-16,18-19H,3,7-8,17H2,1-2,4-6H3,(H,30,31)/b18-16-. The maximum atomic E-state index is 11.1. The van der Waals surface area contributed by atoms with Crippen molar-refractivity contribution in [2.75, 3.05) is 0 Å². The molecule has 2 aromatic rings. The molecule has 0 unspecified atom stereocenters. The van der Waals surface area contributed by atoms with Crippen molar-refractivity contribution >= 4 is 17.1 Å². The molecule has 0 fully saturated rings. The molecule has 0 spiro atoms. The number of benzene rings is 2. The Morgan fingerprint density at radius 2 is 1.65 bits per heavy atom. The van der Waals surface area contributed by atoms with Gasteiger partial charge in [0, 0.05) is 0 Å². The smallest absolute Gasteiger partial charge is 0.335 e. The topological polar surface area (TPSA) is 37.3 Å². The van der Waals surface area contributed by atoms with Gasteiger partial charge in [0.25, 0.3) is 0 Å². The zero-order valence-electron chi connectivity index (χ0n) is 19.5. The van der Waals surface area contributed by atoms with Gasteiger partial charge in [-0.3, -0.25) is 0 Å². The molecule has 2 heteroatoms. The Hall–Kier alpha value is -2.87. The lowest BCUT2D eigenvalue weighted by molar-refractivity contribution is 0.0697. The fourth-order valence-corrected chi connectivity index (χ4v) is 4.06. The molecule has 2 nitrogen and oxygen atoms in total. The highest BCUT2D eigenvalue weighted by Gasteiger charge is 2.28. The van der Waals surface area contributed by atoms with Gasteiger partial charge in [-0.15, -0.1) is 0 Å². The molecule has 1 aliphatic rings. The van der Waals surface area contributed by atoms with Crippen LogP contribution in [0.2, 0.25) is 0 Å². The number of carboxylic acids is 1. The summed E-state index contributed by atoms with van der Waals surface area (Å²) in [6, 6.07) is 13.6. The van der Waals surface area contributed by atoms with Crippen LogP contribution in [-0.2, 0) is 5.41 Å². The van der Waals surface area contributed by atoms with Crippen LogP contribution in [-0.4, -0.2) is 11.1 Å². The monoisotopic (exact) mass is 414 g/mol. The summed E-state index contributed by atoms with van der Waals surface area (Å²) in [4.78, 5) is 11.1. The third-order valence-corrected chi connectivity index (χ3v) is 7.00. The van der Waals surface area contributed by atoms with E-state index in [0.717, 1.165) is 36.0 Å². The minimum Gasteiger partial charge on any atom is -0.478 e. The van der Waals surface area contributed by atoms with E-state index in [-0.39, 0.29) is 16.4 Å². The summed E-state index contributed by atoms with van der Waals surface area (Å²) in [6.45, 7) is 15.7. The van der Waals surface area contributed by atoms with E-state index in [2.05, 4.69) is 77.6 Å². The molecule has 0 atom stereocenters. The predicted molar refractivity (Wildman–Crippen MR) is 131 cm³/mol. The molecule has 0 radical (unpaired) electrons. The van der Waals surface area contributed by atoms with Crippen LogP contribution >= 0.6 is 0 Å². The molecule has 1 aliphatic carbocycles. The van der Waals surface area contributed by atoms with E-state index in [1.807, 2.05) is 12.1 Å². The lowest BCUT2D eigenvalue weighted by atomic mass is 9.72. The zero-order valence-corrected chi connectivity index (χ0v) is 19.5. The highest BCUT2D eigenvalue weighted by atomic mass is 16.4. The fourth-order valence-electron chi connectivity index (χ4n) is 4.06. The van der Waals surface area contributed by atoms with Crippen molar-refractivity contribution in [1.29, 1.82) is 0 Å². The molecule has 162 valence electrons.